The van der Waals surface area contributed by atoms with Gasteiger partial charge in [-0.25, -0.2) is 4.79 Å². The van der Waals surface area contributed by atoms with Crippen LogP contribution in [0.5, 0.6) is 11.5 Å². The smallest absolute Gasteiger partial charge is 0.412 e. The van der Waals surface area contributed by atoms with Crippen LogP contribution in [0, 0.1) is 5.92 Å². The van der Waals surface area contributed by atoms with E-state index in [-0.39, 0.29) is 24.8 Å². The first-order chi connectivity index (χ1) is 15.6. The highest BCUT2D eigenvalue weighted by Crippen LogP contribution is 2.34. The summed E-state index contributed by atoms with van der Waals surface area (Å²) >= 11 is 0. The van der Waals surface area contributed by atoms with Gasteiger partial charge in [0, 0.05) is 18.7 Å². The predicted molar refractivity (Wildman–Crippen MR) is 125 cm³/mol. The fourth-order valence-corrected chi connectivity index (χ4v) is 3.51. The highest BCUT2D eigenvalue weighted by Gasteiger charge is 2.36. The van der Waals surface area contributed by atoms with Gasteiger partial charge in [0.05, 0.1) is 31.5 Å². The third-order valence-corrected chi connectivity index (χ3v) is 4.97. The molecule has 0 bridgehead atoms. The van der Waals surface area contributed by atoms with Gasteiger partial charge in [0.25, 0.3) is 0 Å². The SMILES string of the molecule is COc1ccc(NC(=O)C2CC(=O)N(c3ccccc3OC)C2)cc1NC(=O)OC(C)(C)C. The summed E-state index contributed by atoms with van der Waals surface area (Å²) in [7, 11) is 3.01. The molecule has 9 heteroatoms. The molecule has 3 rings (SSSR count). The van der Waals surface area contributed by atoms with Crippen LogP contribution >= 0.6 is 0 Å². The van der Waals surface area contributed by atoms with Gasteiger partial charge in [-0.2, -0.15) is 0 Å². The monoisotopic (exact) mass is 455 g/mol. The van der Waals surface area contributed by atoms with Gasteiger partial charge in [0.1, 0.15) is 17.1 Å². The van der Waals surface area contributed by atoms with Gasteiger partial charge in [-0.3, -0.25) is 14.9 Å². The van der Waals surface area contributed by atoms with E-state index in [2.05, 4.69) is 10.6 Å². The number of rotatable bonds is 6. The molecule has 2 aromatic carbocycles. The van der Waals surface area contributed by atoms with Crippen LogP contribution in [0.4, 0.5) is 21.9 Å². The minimum absolute atomic E-state index is 0.0864. The molecule has 1 saturated heterocycles. The summed E-state index contributed by atoms with van der Waals surface area (Å²) in [6.45, 7) is 5.53. The average molecular weight is 456 g/mol. The number of methoxy groups -OCH3 is 2. The number of carbonyl (C=O) groups excluding carboxylic acids is 3. The van der Waals surface area contributed by atoms with Gasteiger partial charge in [-0.1, -0.05) is 12.1 Å². The number of ether oxygens (including phenoxy) is 3. The molecule has 176 valence electrons. The van der Waals surface area contributed by atoms with Crippen LogP contribution < -0.4 is 25.0 Å². The van der Waals surface area contributed by atoms with Crippen LogP contribution in [0.15, 0.2) is 42.5 Å². The zero-order valence-electron chi connectivity index (χ0n) is 19.4. The average Bonchev–Trinajstić information content (AvgIpc) is 3.14. The lowest BCUT2D eigenvalue weighted by Gasteiger charge is -2.21. The molecule has 0 saturated carbocycles. The van der Waals surface area contributed by atoms with Crippen LogP contribution in [0.2, 0.25) is 0 Å². The van der Waals surface area contributed by atoms with Crippen LogP contribution in [-0.4, -0.2) is 44.3 Å². The number of amides is 3. The number of anilines is 3. The van der Waals surface area contributed by atoms with Crippen LogP contribution in [0.3, 0.4) is 0 Å². The van der Waals surface area contributed by atoms with E-state index in [1.807, 2.05) is 12.1 Å². The van der Waals surface area contributed by atoms with Crippen molar-refractivity contribution in [2.24, 2.45) is 5.92 Å². The molecule has 1 fully saturated rings. The van der Waals surface area contributed by atoms with E-state index >= 15 is 0 Å². The lowest BCUT2D eigenvalue weighted by atomic mass is 10.1. The Morgan fingerprint density at radius 2 is 1.70 bits per heavy atom. The van der Waals surface area contributed by atoms with E-state index in [1.54, 1.807) is 56.0 Å². The van der Waals surface area contributed by atoms with Crippen molar-refractivity contribution in [3.8, 4) is 11.5 Å². The zero-order chi connectivity index (χ0) is 24.2. The molecule has 0 radical (unpaired) electrons. The Kier molecular flexibility index (Phi) is 7.10. The summed E-state index contributed by atoms with van der Waals surface area (Å²) in [4.78, 5) is 39.2. The molecule has 3 amide bonds. The second kappa shape index (κ2) is 9.81. The highest BCUT2D eigenvalue weighted by molar-refractivity contribution is 6.04. The molecule has 0 spiro atoms. The topological polar surface area (TPSA) is 106 Å². The Balaban J connectivity index is 1.71. The molecule has 1 atom stereocenters. The van der Waals surface area contributed by atoms with Crippen molar-refractivity contribution in [1.82, 2.24) is 0 Å². The summed E-state index contributed by atoms with van der Waals surface area (Å²) in [6, 6.07) is 12.1. The lowest BCUT2D eigenvalue weighted by Crippen LogP contribution is -2.28. The highest BCUT2D eigenvalue weighted by atomic mass is 16.6. The van der Waals surface area contributed by atoms with Gasteiger partial charge < -0.3 is 24.4 Å². The number of para-hydroxylation sites is 2. The van der Waals surface area contributed by atoms with Crippen LogP contribution in [-0.2, 0) is 14.3 Å². The van der Waals surface area contributed by atoms with E-state index in [4.69, 9.17) is 14.2 Å². The molecule has 1 unspecified atom stereocenters. The van der Waals surface area contributed by atoms with Crippen LogP contribution in [0.25, 0.3) is 0 Å². The predicted octanol–water partition coefficient (Wildman–Crippen LogP) is 4.04. The van der Waals surface area contributed by atoms with E-state index in [0.717, 1.165) is 0 Å². The van der Waals surface area contributed by atoms with Crippen molar-refractivity contribution in [2.45, 2.75) is 32.8 Å². The van der Waals surface area contributed by atoms with Gasteiger partial charge in [0.2, 0.25) is 11.8 Å². The Hall–Kier alpha value is -3.75. The number of hydrogen-bond acceptors (Lipinski definition) is 6. The van der Waals surface area contributed by atoms with E-state index < -0.39 is 17.6 Å². The maximum absolute atomic E-state index is 12.9. The minimum atomic E-state index is -0.661. The quantitative estimate of drug-likeness (QED) is 0.681. The van der Waals surface area contributed by atoms with Crippen molar-refractivity contribution in [2.75, 3.05) is 36.3 Å². The van der Waals surface area contributed by atoms with Gasteiger partial charge in [0.15, 0.2) is 0 Å². The molecule has 2 aromatic rings. The van der Waals surface area contributed by atoms with Crippen LogP contribution in [0.1, 0.15) is 27.2 Å². The van der Waals surface area contributed by atoms with E-state index in [1.165, 1.54) is 14.2 Å². The van der Waals surface area contributed by atoms with Crippen molar-refractivity contribution in [3.05, 3.63) is 42.5 Å². The Bertz CT molecular complexity index is 1050. The third-order valence-electron chi connectivity index (χ3n) is 4.97. The first kappa shape index (κ1) is 23.9. The molecular formula is C24H29N3O6. The van der Waals surface area contributed by atoms with E-state index in [9.17, 15) is 14.4 Å². The molecule has 1 aliphatic rings. The summed E-state index contributed by atoms with van der Waals surface area (Å²) in [5.74, 6) is -0.000235. The summed E-state index contributed by atoms with van der Waals surface area (Å²) in [5, 5.41) is 5.46. The fourth-order valence-electron chi connectivity index (χ4n) is 3.51. The number of hydrogen-bond donors (Lipinski definition) is 2. The number of carbonyl (C=O) groups is 3. The Morgan fingerprint density at radius 1 is 1.00 bits per heavy atom. The molecule has 1 heterocycles. The largest absolute Gasteiger partial charge is 0.495 e. The van der Waals surface area contributed by atoms with E-state index in [0.29, 0.717) is 28.6 Å². The van der Waals surface area contributed by atoms with Gasteiger partial charge in [-0.15, -0.1) is 0 Å². The fraction of sp³-hybridized carbons (Fsp3) is 0.375. The maximum atomic E-state index is 12.9. The Morgan fingerprint density at radius 3 is 2.36 bits per heavy atom. The van der Waals surface area contributed by atoms with Crippen molar-refractivity contribution < 1.29 is 28.6 Å². The number of nitrogens with zero attached hydrogens (tertiary/aromatic N) is 1. The first-order valence-corrected chi connectivity index (χ1v) is 10.5. The molecule has 1 aliphatic heterocycles. The standard InChI is InChI=1S/C24H29N3O6/c1-24(2,3)33-23(30)26-17-13-16(10-11-19(17)31-4)25-22(29)15-12-21(28)27(14-15)18-8-6-7-9-20(18)32-5/h6-11,13,15H,12,14H2,1-5H3,(H,25,29)(H,26,30). The second-order valence-corrected chi connectivity index (χ2v) is 8.61. The first-order valence-electron chi connectivity index (χ1n) is 10.5. The van der Waals surface area contributed by atoms with Gasteiger partial charge in [-0.05, 0) is 51.1 Å². The molecule has 9 nitrogen and oxygen atoms in total. The van der Waals surface area contributed by atoms with Crippen molar-refractivity contribution >= 4 is 35.0 Å². The second-order valence-electron chi connectivity index (χ2n) is 8.61. The number of benzene rings is 2. The molecule has 0 aliphatic carbocycles. The maximum Gasteiger partial charge on any atom is 0.412 e. The normalized spacial score (nSPS) is 15.7. The molecule has 33 heavy (non-hydrogen) atoms. The molecule has 2 N–H and O–H groups in total. The zero-order valence-corrected chi connectivity index (χ0v) is 19.4. The summed E-state index contributed by atoms with van der Waals surface area (Å²) in [6.07, 6.45) is -0.554. The summed E-state index contributed by atoms with van der Waals surface area (Å²) in [5.41, 5.74) is 0.775. The van der Waals surface area contributed by atoms with Crippen molar-refractivity contribution in [3.63, 3.8) is 0 Å². The van der Waals surface area contributed by atoms with Crippen molar-refractivity contribution in [1.29, 1.82) is 0 Å². The molecule has 0 aromatic heterocycles. The molecular weight excluding hydrogens is 426 g/mol. The Labute approximate surface area is 193 Å². The lowest BCUT2D eigenvalue weighted by molar-refractivity contribution is -0.122. The van der Waals surface area contributed by atoms with Gasteiger partial charge >= 0.3 is 6.09 Å². The summed E-state index contributed by atoms with van der Waals surface area (Å²) < 4.78 is 15.9. The number of nitrogens with one attached hydrogen (secondary N) is 2. The third kappa shape index (κ3) is 5.94. The minimum Gasteiger partial charge on any atom is -0.495 e.